The summed E-state index contributed by atoms with van der Waals surface area (Å²) < 4.78 is 18.0. The molecular weight excluding hydrogens is 273 g/mol. The topological polar surface area (TPSA) is 58.6 Å². The van der Waals surface area contributed by atoms with E-state index in [1.807, 2.05) is 0 Å². The van der Waals surface area contributed by atoms with Crippen molar-refractivity contribution in [3.63, 3.8) is 0 Å². The molecule has 1 aromatic carbocycles. The molecule has 0 spiro atoms. The molecule has 2 N–H and O–H groups in total. The third-order valence-electron chi connectivity index (χ3n) is 2.41. The van der Waals surface area contributed by atoms with Gasteiger partial charge in [0.15, 0.2) is 6.61 Å². The van der Waals surface area contributed by atoms with E-state index in [1.54, 1.807) is 0 Å². The first-order valence-corrected chi connectivity index (χ1v) is 6.46. The fourth-order valence-electron chi connectivity index (χ4n) is 1.43. The first-order valence-electron chi connectivity index (χ1n) is 6.09. The van der Waals surface area contributed by atoms with Gasteiger partial charge in [-0.1, -0.05) is 11.6 Å². The molecule has 0 radical (unpaired) electrons. The molecular formula is C13H17ClFNO3. The number of ether oxygens (including phenoxy) is 1. The molecule has 19 heavy (non-hydrogen) atoms. The summed E-state index contributed by atoms with van der Waals surface area (Å²) in [7, 11) is 0. The lowest BCUT2D eigenvalue weighted by Crippen LogP contribution is -2.29. The monoisotopic (exact) mass is 289 g/mol. The molecule has 106 valence electrons. The summed E-state index contributed by atoms with van der Waals surface area (Å²) >= 11 is 5.75. The van der Waals surface area contributed by atoms with Crippen molar-refractivity contribution in [1.82, 2.24) is 5.32 Å². The molecule has 0 aliphatic heterocycles. The first-order chi connectivity index (χ1) is 9.13. The van der Waals surface area contributed by atoms with E-state index in [1.165, 1.54) is 12.1 Å². The number of rotatable bonds is 8. The minimum atomic E-state index is -0.453. The number of nitrogens with one attached hydrogen (secondary N) is 1. The van der Waals surface area contributed by atoms with Gasteiger partial charge < -0.3 is 15.2 Å². The van der Waals surface area contributed by atoms with Gasteiger partial charge in [-0.25, -0.2) is 4.39 Å². The molecule has 0 aromatic heterocycles. The summed E-state index contributed by atoms with van der Waals surface area (Å²) in [6.07, 6.45) is 2.41. The van der Waals surface area contributed by atoms with Crippen LogP contribution in [0.5, 0.6) is 5.75 Å². The Bertz CT molecular complexity index is 415. The molecule has 6 heteroatoms. The van der Waals surface area contributed by atoms with Crippen molar-refractivity contribution in [3.8, 4) is 5.75 Å². The molecule has 0 heterocycles. The zero-order valence-corrected chi connectivity index (χ0v) is 11.3. The molecule has 0 saturated heterocycles. The number of carbonyl (C=O) groups is 1. The van der Waals surface area contributed by atoms with Crippen molar-refractivity contribution in [3.05, 3.63) is 29.0 Å². The van der Waals surface area contributed by atoms with E-state index in [0.29, 0.717) is 6.54 Å². The van der Waals surface area contributed by atoms with Gasteiger partial charge in [0.25, 0.3) is 5.91 Å². The maximum Gasteiger partial charge on any atom is 0.257 e. The predicted molar refractivity (Wildman–Crippen MR) is 70.9 cm³/mol. The molecule has 0 aliphatic rings. The average Bonchev–Trinajstić information content (AvgIpc) is 2.37. The molecule has 0 aliphatic carbocycles. The number of halogens is 2. The fourth-order valence-corrected chi connectivity index (χ4v) is 1.65. The molecule has 0 atom stereocenters. The number of hydrogen-bond donors (Lipinski definition) is 2. The van der Waals surface area contributed by atoms with Crippen molar-refractivity contribution in [2.45, 2.75) is 19.3 Å². The third kappa shape index (κ3) is 6.40. The molecule has 0 fully saturated rings. The van der Waals surface area contributed by atoms with Crippen LogP contribution in [0.3, 0.4) is 0 Å². The van der Waals surface area contributed by atoms with Crippen LogP contribution in [0.1, 0.15) is 19.3 Å². The van der Waals surface area contributed by atoms with Crippen molar-refractivity contribution in [2.24, 2.45) is 0 Å². The molecule has 0 saturated carbocycles. The second-order valence-corrected chi connectivity index (χ2v) is 4.40. The Hall–Kier alpha value is -1.33. The first kappa shape index (κ1) is 15.7. The molecule has 1 aromatic rings. The van der Waals surface area contributed by atoms with Crippen LogP contribution in [0.4, 0.5) is 4.39 Å². The van der Waals surface area contributed by atoms with Gasteiger partial charge in [-0.3, -0.25) is 4.79 Å². The van der Waals surface area contributed by atoms with Crippen molar-refractivity contribution in [1.29, 1.82) is 0 Å². The number of aliphatic hydroxyl groups is 1. The summed E-state index contributed by atoms with van der Waals surface area (Å²) in [5.41, 5.74) is 0. The van der Waals surface area contributed by atoms with Gasteiger partial charge in [0, 0.05) is 13.2 Å². The van der Waals surface area contributed by atoms with Crippen LogP contribution in [0, 0.1) is 5.82 Å². The molecule has 1 rings (SSSR count). The van der Waals surface area contributed by atoms with E-state index in [9.17, 15) is 9.18 Å². The molecule has 1 amide bonds. The van der Waals surface area contributed by atoms with E-state index in [-0.39, 0.29) is 29.9 Å². The van der Waals surface area contributed by atoms with Crippen LogP contribution in [-0.4, -0.2) is 30.8 Å². The van der Waals surface area contributed by atoms with E-state index < -0.39 is 5.82 Å². The Morgan fingerprint density at radius 3 is 2.84 bits per heavy atom. The number of carbonyl (C=O) groups excluding carboxylic acids is 1. The standard InChI is InChI=1S/C13H17ClFNO3/c14-11-8-10(15)4-5-12(11)19-9-13(18)16-6-2-1-3-7-17/h4-5,8,17H,1-3,6-7,9H2,(H,16,18). The van der Waals surface area contributed by atoms with Crippen LogP contribution >= 0.6 is 11.6 Å². The van der Waals surface area contributed by atoms with Gasteiger partial charge in [-0.05, 0) is 37.5 Å². The molecule has 0 unspecified atom stereocenters. The Kier molecular flexibility index (Phi) is 7.22. The number of amides is 1. The minimum Gasteiger partial charge on any atom is -0.482 e. The summed E-state index contributed by atoms with van der Waals surface area (Å²) in [4.78, 5) is 11.4. The van der Waals surface area contributed by atoms with Gasteiger partial charge in [0.1, 0.15) is 11.6 Å². The SMILES string of the molecule is O=C(COc1ccc(F)cc1Cl)NCCCCCO. The Labute approximate surface area is 116 Å². The quantitative estimate of drug-likeness (QED) is 0.721. The number of hydrogen-bond acceptors (Lipinski definition) is 3. The maximum absolute atomic E-state index is 12.8. The van der Waals surface area contributed by atoms with Gasteiger partial charge in [0.2, 0.25) is 0 Å². The molecule has 4 nitrogen and oxygen atoms in total. The van der Waals surface area contributed by atoms with Crippen molar-refractivity contribution >= 4 is 17.5 Å². The minimum absolute atomic E-state index is 0.135. The zero-order chi connectivity index (χ0) is 14.1. The second kappa shape index (κ2) is 8.72. The van der Waals surface area contributed by atoms with E-state index in [2.05, 4.69) is 5.32 Å². The van der Waals surface area contributed by atoms with Crippen molar-refractivity contribution < 1.29 is 19.0 Å². The van der Waals surface area contributed by atoms with Gasteiger partial charge in [-0.2, -0.15) is 0 Å². The van der Waals surface area contributed by atoms with E-state index in [4.69, 9.17) is 21.4 Å². The summed E-state index contributed by atoms with van der Waals surface area (Å²) in [5.74, 6) is -0.437. The van der Waals surface area contributed by atoms with Crippen molar-refractivity contribution in [2.75, 3.05) is 19.8 Å². The summed E-state index contributed by atoms with van der Waals surface area (Å²) in [5, 5.41) is 11.4. The normalized spacial score (nSPS) is 10.3. The number of benzene rings is 1. The van der Waals surface area contributed by atoms with Crippen LogP contribution < -0.4 is 10.1 Å². The highest BCUT2D eigenvalue weighted by atomic mass is 35.5. The van der Waals surface area contributed by atoms with Gasteiger partial charge >= 0.3 is 0 Å². The average molecular weight is 290 g/mol. The smallest absolute Gasteiger partial charge is 0.257 e. The number of aliphatic hydroxyl groups excluding tert-OH is 1. The third-order valence-corrected chi connectivity index (χ3v) is 2.71. The Morgan fingerprint density at radius 1 is 1.37 bits per heavy atom. The van der Waals surface area contributed by atoms with E-state index >= 15 is 0 Å². The van der Waals surface area contributed by atoms with Gasteiger partial charge in [0.05, 0.1) is 5.02 Å². The number of unbranched alkanes of at least 4 members (excludes halogenated alkanes) is 2. The van der Waals surface area contributed by atoms with Crippen LogP contribution in [0.2, 0.25) is 5.02 Å². The zero-order valence-electron chi connectivity index (χ0n) is 10.5. The Balaban J connectivity index is 2.22. The summed E-state index contributed by atoms with van der Waals surface area (Å²) in [6.45, 7) is 0.546. The highest BCUT2D eigenvalue weighted by molar-refractivity contribution is 6.32. The van der Waals surface area contributed by atoms with Crippen LogP contribution in [0.15, 0.2) is 18.2 Å². The van der Waals surface area contributed by atoms with E-state index in [0.717, 1.165) is 25.3 Å². The van der Waals surface area contributed by atoms with Crippen LogP contribution in [-0.2, 0) is 4.79 Å². The highest BCUT2D eigenvalue weighted by Gasteiger charge is 2.06. The fraction of sp³-hybridized carbons (Fsp3) is 0.462. The molecule has 0 bridgehead atoms. The Morgan fingerprint density at radius 2 is 2.16 bits per heavy atom. The lowest BCUT2D eigenvalue weighted by Gasteiger charge is -2.08. The summed E-state index contributed by atoms with van der Waals surface area (Å²) in [6, 6.07) is 3.73. The van der Waals surface area contributed by atoms with Crippen LogP contribution in [0.25, 0.3) is 0 Å². The van der Waals surface area contributed by atoms with Gasteiger partial charge in [-0.15, -0.1) is 0 Å². The predicted octanol–water partition coefficient (Wildman–Crippen LogP) is 2.14. The highest BCUT2D eigenvalue weighted by Crippen LogP contribution is 2.24. The lowest BCUT2D eigenvalue weighted by atomic mass is 10.2. The second-order valence-electron chi connectivity index (χ2n) is 4.00. The maximum atomic E-state index is 12.8. The lowest BCUT2D eigenvalue weighted by molar-refractivity contribution is -0.123. The largest absolute Gasteiger partial charge is 0.482 e.